The largest absolute Gasteiger partial charge is 0.493 e. The molecule has 2 aromatic carbocycles. The van der Waals surface area contributed by atoms with E-state index in [9.17, 15) is 4.79 Å². The van der Waals surface area contributed by atoms with Crippen LogP contribution in [0.1, 0.15) is 28.4 Å². The lowest BCUT2D eigenvalue weighted by Crippen LogP contribution is -2.32. The average Bonchev–Trinajstić information content (AvgIpc) is 2.47. The summed E-state index contributed by atoms with van der Waals surface area (Å²) < 4.78 is 6.29. The number of benzene rings is 2. The summed E-state index contributed by atoms with van der Waals surface area (Å²) in [5.74, 6) is 0.712. The van der Waals surface area contributed by atoms with Crippen LogP contribution >= 0.6 is 27.5 Å². The van der Waals surface area contributed by atoms with Gasteiger partial charge in [0.25, 0.3) is 5.91 Å². The molecule has 0 radical (unpaired) electrons. The minimum Gasteiger partial charge on any atom is -0.493 e. The fourth-order valence-corrected chi connectivity index (χ4v) is 3.26. The van der Waals surface area contributed by atoms with E-state index in [1.807, 2.05) is 24.3 Å². The van der Waals surface area contributed by atoms with E-state index in [-0.39, 0.29) is 11.9 Å². The summed E-state index contributed by atoms with van der Waals surface area (Å²) in [4.78, 5) is 12.4. The molecule has 0 saturated heterocycles. The molecule has 0 aromatic heterocycles. The van der Waals surface area contributed by atoms with Crippen molar-refractivity contribution in [3.8, 4) is 5.75 Å². The van der Waals surface area contributed by atoms with Crippen molar-refractivity contribution >= 4 is 33.4 Å². The van der Waals surface area contributed by atoms with Crippen LogP contribution in [0.15, 0.2) is 46.9 Å². The lowest BCUT2D eigenvalue weighted by atomic mass is 10.00. The molecular weight excluding hydrogens is 354 g/mol. The summed E-state index contributed by atoms with van der Waals surface area (Å²) in [7, 11) is 0. The van der Waals surface area contributed by atoms with Crippen molar-refractivity contribution < 1.29 is 9.53 Å². The van der Waals surface area contributed by atoms with E-state index >= 15 is 0 Å². The predicted molar refractivity (Wildman–Crippen MR) is 85.9 cm³/mol. The van der Waals surface area contributed by atoms with Gasteiger partial charge in [0.15, 0.2) is 0 Å². The molecule has 1 atom stereocenters. The minimum atomic E-state index is -0.125. The number of nitrogens with one attached hydrogen (secondary N) is 1. The van der Waals surface area contributed by atoms with Crippen molar-refractivity contribution in [3.63, 3.8) is 0 Å². The Morgan fingerprint density at radius 3 is 2.90 bits per heavy atom. The summed E-state index contributed by atoms with van der Waals surface area (Å²) >= 11 is 9.28. The van der Waals surface area contributed by atoms with Crippen LogP contribution in [0.4, 0.5) is 0 Å². The van der Waals surface area contributed by atoms with Crippen LogP contribution in [-0.4, -0.2) is 12.5 Å². The van der Waals surface area contributed by atoms with Gasteiger partial charge in [0.05, 0.1) is 18.2 Å². The minimum absolute atomic E-state index is 0.0370. The Morgan fingerprint density at radius 2 is 2.10 bits per heavy atom. The van der Waals surface area contributed by atoms with Crippen LogP contribution in [-0.2, 0) is 0 Å². The quantitative estimate of drug-likeness (QED) is 0.858. The first kappa shape index (κ1) is 14.4. The SMILES string of the molecule is O=C(NC1CCOc2ccccc21)c1ccc(Cl)cc1Br. The van der Waals surface area contributed by atoms with Gasteiger partial charge in [-0.2, -0.15) is 0 Å². The highest BCUT2D eigenvalue weighted by atomic mass is 79.9. The lowest BCUT2D eigenvalue weighted by molar-refractivity contribution is 0.0924. The Kier molecular flexibility index (Phi) is 4.17. The highest BCUT2D eigenvalue weighted by Crippen LogP contribution is 2.32. The Morgan fingerprint density at radius 1 is 1.29 bits per heavy atom. The van der Waals surface area contributed by atoms with Crippen molar-refractivity contribution in [2.24, 2.45) is 0 Å². The third-order valence-electron chi connectivity index (χ3n) is 3.44. The molecule has 21 heavy (non-hydrogen) atoms. The number of para-hydroxylation sites is 1. The molecule has 0 spiro atoms. The molecule has 5 heteroatoms. The summed E-state index contributed by atoms with van der Waals surface area (Å²) in [5, 5.41) is 3.65. The van der Waals surface area contributed by atoms with E-state index in [0.717, 1.165) is 17.7 Å². The van der Waals surface area contributed by atoms with Crippen LogP contribution in [0.2, 0.25) is 5.02 Å². The first-order valence-electron chi connectivity index (χ1n) is 6.63. The molecule has 1 amide bonds. The van der Waals surface area contributed by atoms with Crippen LogP contribution in [0.3, 0.4) is 0 Å². The molecule has 3 nitrogen and oxygen atoms in total. The van der Waals surface area contributed by atoms with Crippen LogP contribution in [0.5, 0.6) is 5.75 Å². The lowest BCUT2D eigenvalue weighted by Gasteiger charge is -2.26. The summed E-state index contributed by atoms with van der Waals surface area (Å²) in [6, 6.07) is 12.9. The molecule has 1 N–H and O–H groups in total. The molecule has 1 heterocycles. The molecule has 0 saturated carbocycles. The topological polar surface area (TPSA) is 38.3 Å². The van der Waals surface area contributed by atoms with Crippen molar-refractivity contribution in [3.05, 3.63) is 63.1 Å². The maximum absolute atomic E-state index is 12.4. The normalized spacial score (nSPS) is 16.8. The first-order chi connectivity index (χ1) is 10.1. The number of rotatable bonds is 2. The molecule has 1 aliphatic heterocycles. The predicted octanol–water partition coefficient (Wildman–Crippen LogP) is 4.36. The number of carbonyl (C=O) groups is 1. The molecular formula is C16H13BrClNO2. The molecule has 3 rings (SSSR count). The summed E-state index contributed by atoms with van der Waals surface area (Å²) in [6.45, 7) is 0.601. The fraction of sp³-hybridized carbons (Fsp3) is 0.188. The van der Waals surface area contributed by atoms with Crippen molar-refractivity contribution in [1.82, 2.24) is 5.32 Å². The van der Waals surface area contributed by atoms with E-state index in [2.05, 4.69) is 21.2 Å². The Hall–Kier alpha value is -1.52. The monoisotopic (exact) mass is 365 g/mol. The number of amides is 1. The molecule has 0 bridgehead atoms. The Balaban J connectivity index is 1.83. The van der Waals surface area contributed by atoms with Crippen molar-refractivity contribution in [1.29, 1.82) is 0 Å². The zero-order valence-electron chi connectivity index (χ0n) is 11.1. The highest BCUT2D eigenvalue weighted by molar-refractivity contribution is 9.10. The van der Waals surface area contributed by atoms with Gasteiger partial charge in [0.2, 0.25) is 0 Å². The Labute approximate surface area is 136 Å². The number of hydrogen-bond acceptors (Lipinski definition) is 2. The van der Waals surface area contributed by atoms with E-state index in [4.69, 9.17) is 16.3 Å². The Bertz CT molecular complexity index is 690. The number of halogens is 2. The number of ether oxygens (including phenoxy) is 1. The van der Waals surface area contributed by atoms with Gasteiger partial charge < -0.3 is 10.1 Å². The second-order valence-electron chi connectivity index (χ2n) is 4.83. The van der Waals surface area contributed by atoms with Gasteiger partial charge in [-0.15, -0.1) is 0 Å². The smallest absolute Gasteiger partial charge is 0.252 e. The summed E-state index contributed by atoms with van der Waals surface area (Å²) in [5.41, 5.74) is 1.59. The van der Waals surface area contributed by atoms with Gasteiger partial charge in [-0.25, -0.2) is 0 Å². The van der Waals surface area contributed by atoms with Gasteiger partial charge >= 0.3 is 0 Å². The van der Waals surface area contributed by atoms with Crippen molar-refractivity contribution in [2.75, 3.05) is 6.61 Å². The molecule has 2 aromatic rings. The second kappa shape index (κ2) is 6.08. The van der Waals surface area contributed by atoms with E-state index in [0.29, 0.717) is 21.7 Å². The van der Waals surface area contributed by atoms with Gasteiger partial charge in [0.1, 0.15) is 5.75 Å². The van der Waals surface area contributed by atoms with Crippen LogP contribution < -0.4 is 10.1 Å². The molecule has 0 aliphatic carbocycles. The average molecular weight is 367 g/mol. The molecule has 1 aliphatic rings. The van der Waals surface area contributed by atoms with Crippen LogP contribution in [0, 0.1) is 0 Å². The highest BCUT2D eigenvalue weighted by Gasteiger charge is 2.23. The van der Waals surface area contributed by atoms with Gasteiger partial charge in [-0.05, 0) is 40.2 Å². The zero-order chi connectivity index (χ0) is 14.8. The van der Waals surface area contributed by atoms with Gasteiger partial charge in [-0.3, -0.25) is 4.79 Å². The van der Waals surface area contributed by atoms with E-state index in [1.165, 1.54) is 0 Å². The molecule has 108 valence electrons. The van der Waals surface area contributed by atoms with Gasteiger partial charge in [-0.1, -0.05) is 29.8 Å². The third kappa shape index (κ3) is 3.06. The first-order valence-corrected chi connectivity index (χ1v) is 7.80. The second-order valence-corrected chi connectivity index (χ2v) is 6.12. The van der Waals surface area contributed by atoms with Gasteiger partial charge in [0, 0.05) is 21.5 Å². The third-order valence-corrected chi connectivity index (χ3v) is 4.33. The maximum Gasteiger partial charge on any atom is 0.252 e. The standard InChI is InChI=1S/C16H13BrClNO2/c17-13-9-10(18)5-6-11(13)16(20)19-14-7-8-21-15-4-2-1-3-12(14)15/h1-6,9,14H,7-8H2,(H,19,20). The summed E-state index contributed by atoms with van der Waals surface area (Å²) in [6.07, 6.45) is 0.758. The van der Waals surface area contributed by atoms with E-state index in [1.54, 1.807) is 18.2 Å². The molecule has 1 unspecified atom stereocenters. The zero-order valence-corrected chi connectivity index (χ0v) is 13.4. The number of hydrogen-bond donors (Lipinski definition) is 1. The fourth-order valence-electron chi connectivity index (χ4n) is 2.40. The maximum atomic E-state index is 12.4. The van der Waals surface area contributed by atoms with Crippen molar-refractivity contribution in [2.45, 2.75) is 12.5 Å². The van der Waals surface area contributed by atoms with Crippen LogP contribution in [0.25, 0.3) is 0 Å². The molecule has 0 fully saturated rings. The van der Waals surface area contributed by atoms with E-state index < -0.39 is 0 Å². The number of fused-ring (bicyclic) bond motifs is 1. The number of carbonyl (C=O) groups excluding carboxylic acids is 1.